The first-order valence-electron chi connectivity index (χ1n) is 9.57. The molecule has 1 aliphatic heterocycles. The third-order valence-electron chi connectivity index (χ3n) is 5.94. The number of carbonyl (C=O) groups is 1. The Morgan fingerprint density at radius 2 is 1.72 bits per heavy atom. The van der Waals surface area contributed by atoms with Gasteiger partial charge >= 0.3 is 12.1 Å². The van der Waals surface area contributed by atoms with E-state index in [0.717, 1.165) is 24.2 Å². The van der Waals surface area contributed by atoms with E-state index < -0.39 is 27.8 Å². The van der Waals surface area contributed by atoms with Crippen molar-refractivity contribution in [3.05, 3.63) is 12.5 Å². The van der Waals surface area contributed by atoms with Crippen LogP contribution >= 0.6 is 0 Å². The molecule has 1 aromatic rings. The van der Waals surface area contributed by atoms with E-state index in [1.54, 1.807) is 7.05 Å². The van der Waals surface area contributed by atoms with E-state index >= 15 is 0 Å². The van der Waals surface area contributed by atoms with Crippen molar-refractivity contribution in [3.63, 3.8) is 0 Å². The van der Waals surface area contributed by atoms with Crippen molar-refractivity contribution in [2.75, 3.05) is 33.2 Å². The summed E-state index contributed by atoms with van der Waals surface area (Å²) in [4.78, 5) is 18.6. The van der Waals surface area contributed by atoms with Gasteiger partial charge in [0.25, 0.3) is 10.0 Å². The minimum Gasteiger partial charge on any atom is -0.339 e. The highest BCUT2D eigenvalue weighted by molar-refractivity contribution is 7.89. The number of halogens is 3. The van der Waals surface area contributed by atoms with Crippen LogP contribution in [0, 0.1) is 0 Å². The number of rotatable bonds is 4. The zero-order chi connectivity index (χ0) is 21.4. The SMILES string of the molecule is CN(C(=O)C(F)(F)F)C1(N2CCN(S(=O)(=O)c3cn(C)cn3)CC2)CCCCC1. The molecule has 2 fully saturated rings. The topological polar surface area (TPSA) is 78.8 Å². The van der Waals surface area contributed by atoms with E-state index in [0.29, 0.717) is 12.8 Å². The molecular formula is C17H26F3N5O3S. The van der Waals surface area contributed by atoms with Crippen LogP contribution in [0.3, 0.4) is 0 Å². The maximum atomic E-state index is 13.1. The van der Waals surface area contributed by atoms with Crippen molar-refractivity contribution < 1.29 is 26.4 Å². The Labute approximate surface area is 168 Å². The van der Waals surface area contributed by atoms with Gasteiger partial charge < -0.3 is 9.47 Å². The molecule has 0 aromatic carbocycles. The number of amides is 1. The molecule has 1 saturated heterocycles. The fraction of sp³-hybridized carbons (Fsp3) is 0.765. The van der Waals surface area contributed by atoms with Gasteiger partial charge in [-0.25, -0.2) is 13.4 Å². The average molecular weight is 437 g/mol. The van der Waals surface area contributed by atoms with Gasteiger partial charge in [-0.15, -0.1) is 0 Å². The molecule has 1 aliphatic carbocycles. The second-order valence-electron chi connectivity index (χ2n) is 7.67. The normalized spacial score (nSPS) is 21.8. The summed E-state index contributed by atoms with van der Waals surface area (Å²) in [7, 11) is -0.883. The summed E-state index contributed by atoms with van der Waals surface area (Å²) in [6.07, 6.45) is 1.12. The molecule has 8 nitrogen and oxygen atoms in total. The van der Waals surface area contributed by atoms with Crippen LogP contribution in [0.4, 0.5) is 13.2 Å². The molecule has 3 rings (SSSR count). The first kappa shape index (κ1) is 22.0. The van der Waals surface area contributed by atoms with Gasteiger partial charge in [-0.05, 0) is 25.7 Å². The maximum absolute atomic E-state index is 13.1. The van der Waals surface area contributed by atoms with Crippen LogP contribution < -0.4 is 0 Å². The van der Waals surface area contributed by atoms with Crippen molar-refractivity contribution in [2.45, 2.75) is 49.0 Å². The zero-order valence-electron chi connectivity index (χ0n) is 16.5. The van der Waals surface area contributed by atoms with Gasteiger partial charge in [-0.1, -0.05) is 6.42 Å². The quantitative estimate of drug-likeness (QED) is 0.712. The fourth-order valence-corrected chi connectivity index (χ4v) is 5.75. The number of carbonyl (C=O) groups excluding carboxylic acids is 1. The minimum atomic E-state index is -4.94. The fourth-order valence-electron chi connectivity index (χ4n) is 4.36. The molecular weight excluding hydrogens is 411 g/mol. The van der Waals surface area contributed by atoms with Crippen molar-refractivity contribution >= 4 is 15.9 Å². The number of hydrogen-bond acceptors (Lipinski definition) is 5. The van der Waals surface area contributed by atoms with Crippen LogP contribution in [0.1, 0.15) is 32.1 Å². The van der Waals surface area contributed by atoms with Gasteiger partial charge in [0.05, 0.1) is 12.0 Å². The summed E-state index contributed by atoms with van der Waals surface area (Å²) in [5.41, 5.74) is -1.04. The molecule has 164 valence electrons. The Morgan fingerprint density at radius 3 is 2.21 bits per heavy atom. The van der Waals surface area contributed by atoms with E-state index in [-0.39, 0.29) is 31.2 Å². The lowest BCUT2D eigenvalue weighted by Crippen LogP contribution is -2.67. The number of aryl methyl sites for hydroxylation is 1. The molecule has 12 heteroatoms. The van der Waals surface area contributed by atoms with E-state index in [1.807, 2.05) is 4.90 Å². The summed E-state index contributed by atoms with van der Waals surface area (Å²) >= 11 is 0. The zero-order valence-corrected chi connectivity index (χ0v) is 17.3. The molecule has 0 spiro atoms. The minimum absolute atomic E-state index is 0.0507. The van der Waals surface area contributed by atoms with Crippen LogP contribution in [0.15, 0.2) is 17.6 Å². The Hall–Kier alpha value is -1.66. The molecule has 0 atom stereocenters. The van der Waals surface area contributed by atoms with Crippen LogP contribution in [0.25, 0.3) is 0 Å². The largest absolute Gasteiger partial charge is 0.471 e. The first-order chi connectivity index (χ1) is 13.5. The average Bonchev–Trinajstić information content (AvgIpc) is 3.14. The number of nitrogens with zero attached hydrogens (tertiary/aromatic N) is 5. The van der Waals surface area contributed by atoms with E-state index in [4.69, 9.17) is 0 Å². The molecule has 2 aliphatic rings. The number of piperazine rings is 1. The summed E-state index contributed by atoms with van der Waals surface area (Å²) in [5.74, 6) is -1.86. The van der Waals surface area contributed by atoms with E-state index in [9.17, 15) is 26.4 Å². The van der Waals surface area contributed by atoms with Crippen LogP contribution in [-0.2, 0) is 21.9 Å². The number of imidazole rings is 1. The molecule has 29 heavy (non-hydrogen) atoms. The molecule has 0 bridgehead atoms. The smallest absolute Gasteiger partial charge is 0.339 e. The standard InChI is InChI=1S/C17H26F3N5O3S/c1-22-12-14(21-13-22)29(27,28)25-10-8-24(9-11-25)16(6-4-3-5-7-16)23(2)15(26)17(18,19)20/h12-13H,3-11H2,1-2H3. The Bertz CT molecular complexity index is 841. The highest BCUT2D eigenvalue weighted by atomic mass is 32.2. The van der Waals surface area contributed by atoms with Gasteiger partial charge in [0.2, 0.25) is 0 Å². The predicted molar refractivity (Wildman–Crippen MR) is 98.2 cm³/mol. The van der Waals surface area contributed by atoms with Crippen molar-refractivity contribution in [3.8, 4) is 0 Å². The number of aromatic nitrogens is 2. The van der Waals surface area contributed by atoms with Gasteiger partial charge in [0.15, 0.2) is 5.03 Å². The second kappa shape index (κ2) is 7.88. The van der Waals surface area contributed by atoms with Crippen molar-refractivity contribution in [1.29, 1.82) is 0 Å². The van der Waals surface area contributed by atoms with Gasteiger partial charge in [-0.2, -0.15) is 17.5 Å². The Kier molecular flexibility index (Phi) is 5.98. The molecule has 1 amide bonds. The molecule has 0 unspecified atom stereocenters. The monoisotopic (exact) mass is 437 g/mol. The number of alkyl halides is 3. The van der Waals surface area contributed by atoms with Gasteiger partial charge in [-0.3, -0.25) is 9.69 Å². The molecule has 0 N–H and O–H groups in total. The highest BCUT2D eigenvalue weighted by Crippen LogP contribution is 2.39. The highest BCUT2D eigenvalue weighted by Gasteiger charge is 2.51. The van der Waals surface area contributed by atoms with Gasteiger partial charge in [0, 0.05) is 46.5 Å². The lowest BCUT2D eigenvalue weighted by molar-refractivity contribution is -0.200. The van der Waals surface area contributed by atoms with Crippen LogP contribution in [0.5, 0.6) is 0 Å². The summed E-state index contributed by atoms with van der Waals surface area (Å²) in [5, 5.41) is -0.0507. The predicted octanol–water partition coefficient (Wildman–Crippen LogP) is 1.41. The number of sulfonamides is 1. The summed E-state index contributed by atoms with van der Waals surface area (Å²) < 4.78 is 67.6. The third-order valence-corrected chi connectivity index (χ3v) is 7.72. The molecule has 1 saturated carbocycles. The van der Waals surface area contributed by atoms with E-state index in [1.165, 1.54) is 28.4 Å². The van der Waals surface area contributed by atoms with E-state index in [2.05, 4.69) is 4.98 Å². The summed E-state index contributed by atoms with van der Waals surface area (Å²) in [6, 6.07) is 0. The Balaban J connectivity index is 1.78. The first-order valence-corrected chi connectivity index (χ1v) is 11.0. The molecule has 1 aromatic heterocycles. The summed E-state index contributed by atoms with van der Waals surface area (Å²) in [6.45, 7) is 0.770. The maximum Gasteiger partial charge on any atom is 0.471 e. The third kappa shape index (κ3) is 4.15. The second-order valence-corrected chi connectivity index (χ2v) is 9.56. The lowest BCUT2D eigenvalue weighted by Gasteiger charge is -2.53. The van der Waals surface area contributed by atoms with Crippen LogP contribution in [-0.4, -0.2) is 83.0 Å². The Morgan fingerprint density at radius 1 is 1.14 bits per heavy atom. The van der Waals surface area contributed by atoms with Crippen molar-refractivity contribution in [1.82, 2.24) is 23.7 Å². The lowest BCUT2D eigenvalue weighted by atomic mass is 9.85. The van der Waals surface area contributed by atoms with Crippen LogP contribution in [0.2, 0.25) is 0 Å². The molecule has 0 radical (unpaired) electrons. The van der Waals surface area contributed by atoms with Crippen molar-refractivity contribution in [2.24, 2.45) is 7.05 Å². The number of hydrogen-bond donors (Lipinski definition) is 0. The molecule has 2 heterocycles. The van der Waals surface area contributed by atoms with Gasteiger partial charge in [0.1, 0.15) is 0 Å².